The number of nitrogens with zero attached hydrogens (tertiary/aromatic N) is 4. The van der Waals surface area contributed by atoms with Crippen LogP contribution in [0, 0.1) is 6.92 Å². The van der Waals surface area contributed by atoms with Gasteiger partial charge in [-0.2, -0.15) is 0 Å². The second-order valence-electron chi connectivity index (χ2n) is 6.93. The number of H-pyrrole nitrogens is 1. The summed E-state index contributed by atoms with van der Waals surface area (Å²) in [5.41, 5.74) is 3.39. The molecule has 0 saturated carbocycles. The standard InChI is InChI=1S/C22H21N5O2/c1-15-25-26-21(29-15)14-27(2)13-16-8-10-18(11-9-16)22-23-19(12-20(28)24-22)17-6-4-3-5-7-17/h3-12H,13-14H2,1-2H3,(H,23,24,28). The number of hydrogen-bond acceptors (Lipinski definition) is 6. The van der Waals surface area contributed by atoms with E-state index >= 15 is 0 Å². The highest BCUT2D eigenvalue weighted by atomic mass is 16.4. The molecule has 1 N–H and O–H groups in total. The van der Waals surface area contributed by atoms with Crippen molar-refractivity contribution >= 4 is 0 Å². The Hall–Kier alpha value is -3.58. The van der Waals surface area contributed by atoms with Gasteiger partial charge in [-0.3, -0.25) is 9.69 Å². The molecule has 7 nitrogen and oxygen atoms in total. The Kier molecular flexibility index (Phi) is 5.31. The first-order chi connectivity index (χ1) is 14.1. The summed E-state index contributed by atoms with van der Waals surface area (Å²) in [6.45, 7) is 3.09. The first-order valence-corrected chi connectivity index (χ1v) is 9.30. The zero-order valence-electron chi connectivity index (χ0n) is 16.3. The maximum Gasteiger partial charge on any atom is 0.251 e. The number of aryl methyl sites for hydroxylation is 1. The van der Waals surface area contributed by atoms with Gasteiger partial charge in [-0.15, -0.1) is 10.2 Å². The van der Waals surface area contributed by atoms with Gasteiger partial charge in [0.1, 0.15) is 5.82 Å². The molecule has 0 aliphatic heterocycles. The van der Waals surface area contributed by atoms with Gasteiger partial charge < -0.3 is 9.40 Å². The van der Waals surface area contributed by atoms with Crippen molar-refractivity contribution in [2.24, 2.45) is 0 Å². The highest BCUT2D eigenvalue weighted by Crippen LogP contribution is 2.20. The van der Waals surface area contributed by atoms with Gasteiger partial charge in [-0.05, 0) is 12.6 Å². The third kappa shape index (κ3) is 4.64. The molecule has 4 aromatic rings. The maximum absolute atomic E-state index is 12.1. The van der Waals surface area contributed by atoms with Gasteiger partial charge in [0, 0.05) is 30.7 Å². The van der Waals surface area contributed by atoms with E-state index in [0.717, 1.165) is 23.2 Å². The van der Waals surface area contributed by atoms with Gasteiger partial charge in [0.15, 0.2) is 0 Å². The first-order valence-electron chi connectivity index (χ1n) is 9.30. The monoisotopic (exact) mass is 387 g/mol. The summed E-state index contributed by atoms with van der Waals surface area (Å²) in [6.07, 6.45) is 0. The largest absolute Gasteiger partial charge is 0.424 e. The predicted molar refractivity (Wildman–Crippen MR) is 110 cm³/mol. The molecule has 0 saturated heterocycles. The van der Waals surface area contributed by atoms with Gasteiger partial charge in [-0.25, -0.2) is 4.98 Å². The number of hydrogen-bond donors (Lipinski definition) is 1. The first kappa shape index (κ1) is 18.8. The van der Waals surface area contributed by atoms with Crippen LogP contribution in [0.2, 0.25) is 0 Å². The fourth-order valence-electron chi connectivity index (χ4n) is 3.12. The van der Waals surface area contributed by atoms with Gasteiger partial charge in [0.05, 0.1) is 12.2 Å². The molecule has 0 aliphatic carbocycles. The Balaban J connectivity index is 1.50. The van der Waals surface area contributed by atoms with Crippen molar-refractivity contribution in [1.29, 1.82) is 0 Å². The van der Waals surface area contributed by atoms with E-state index in [9.17, 15) is 4.79 Å². The molecular weight excluding hydrogens is 366 g/mol. The van der Waals surface area contributed by atoms with E-state index in [0.29, 0.717) is 29.8 Å². The van der Waals surface area contributed by atoms with Crippen molar-refractivity contribution in [1.82, 2.24) is 25.1 Å². The average molecular weight is 387 g/mol. The minimum atomic E-state index is -0.174. The topological polar surface area (TPSA) is 87.9 Å². The van der Waals surface area contributed by atoms with Crippen molar-refractivity contribution in [2.45, 2.75) is 20.0 Å². The molecule has 0 aliphatic rings. The van der Waals surface area contributed by atoms with Crippen molar-refractivity contribution in [3.63, 3.8) is 0 Å². The molecule has 4 rings (SSSR count). The summed E-state index contributed by atoms with van der Waals surface area (Å²) < 4.78 is 5.42. The van der Waals surface area contributed by atoms with E-state index in [1.807, 2.05) is 61.6 Å². The van der Waals surface area contributed by atoms with Crippen LogP contribution in [0.3, 0.4) is 0 Å². The fraction of sp³-hybridized carbons (Fsp3) is 0.182. The van der Waals surface area contributed by atoms with E-state index < -0.39 is 0 Å². The van der Waals surface area contributed by atoms with E-state index in [2.05, 4.69) is 25.1 Å². The lowest BCUT2D eigenvalue weighted by atomic mass is 10.1. The second-order valence-corrected chi connectivity index (χ2v) is 6.93. The van der Waals surface area contributed by atoms with Crippen LogP contribution in [0.25, 0.3) is 22.6 Å². The zero-order valence-corrected chi connectivity index (χ0v) is 16.3. The van der Waals surface area contributed by atoms with Gasteiger partial charge in [0.25, 0.3) is 5.56 Å². The molecule has 0 unspecified atom stereocenters. The minimum absolute atomic E-state index is 0.174. The van der Waals surface area contributed by atoms with E-state index in [-0.39, 0.29) is 5.56 Å². The van der Waals surface area contributed by atoms with Crippen LogP contribution in [0.1, 0.15) is 17.3 Å². The molecule has 0 radical (unpaired) electrons. The molecule has 2 aromatic carbocycles. The summed E-state index contributed by atoms with van der Waals surface area (Å²) in [6, 6.07) is 19.2. The minimum Gasteiger partial charge on any atom is -0.424 e. The third-order valence-electron chi connectivity index (χ3n) is 4.46. The molecule has 29 heavy (non-hydrogen) atoms. The molecule has 0 bridgehead atoms. The van der Waals surface area contributed by atoms with Crippen LogP contribution < -0.4 is 5.56 Å². The van der Waals surface area contributed by atoms with Crippen LogP contribution in [-0.2, 0) is 13.1 Å². The van der Waals surface area contributed by atoms with E-state index in [4.69, 9.17) is 4.42 Å². The molecule has 0 spiro atoms. The van der Waals surface area contributed by atoms with Crippen molar-refractivity contribution in [3.05, 3.63) is 88.4 Å². The number of aromatic amines is 1. The van der Waals surface area contributed by atoms with E-state index in [1.165, 1.54) is 6.07 Å². The third-order valence-corrected chi connectivity index (χ3v) is 4.46. The second kappa shape index (κ2) is 8.20. The molecule has 7 heteroatoms. The summed E-state index contributed by atoms with van der Waals surface area (Å²) >= 11 is 0. The Morgan fingerprint density at radius 1 is 0.966 bits per heavy atom. The predicted octanol–water partition coefficient (Wildman–Crippen LogP) is 3.43. The van der Waals surface area contributed by atoms with Gasteiger partial charge >= 0.3 is 0 Å². The Morgan fingerprint density at radius 3 is 2.41 bits per heavy atom. The molecule has 2 aromatic heterocycles. The quantitative estimate of drug-likeness (QED) is 0.545. The SMILES string of the molecule is Cc1nnc(CN(C)Cc2ccc(-c3nc(-c4ccccc4)cc(=O)[nH]3)cc2)o1. The molecule has 0 fully saturated rings. The summed E-state index contributed by atoms with van der Waals surface area (Å²) in [5.74, 6) is 1.72. The Bertz CT molecular complexity index is 1150. The van der Waals surface area contributed by atoms with Crippen molar-refractivity contribution in [3.8, 4) is 22.6 Å². The van der Waals surface area contributed by atoms with Gasteiger partial charge in [0.2, 0.25) is 11.8 Å². The molecule has 146 valence electrons. The van der Waals surface area contributed by atoms with Crippen molar-refractivity contribution < 1.29 is 4.42 Å². The van der Waals surface area contributed by atoms with Crippen LogP contribution in [0.5, 0.6) is 0 Å². The lowest BCUT2D eigenvalue weighted by molar-refractivity contribution is 0.279. The normalized spacial score (nSPS) is 11.1. The number of nitrogens with one attached hydrogen (secondary N) is 1. The molecular formula is C22H21N5O2. The number of benzene rings is 2. The lowest BCUT2D eigenvalue weighted by Crippen LogP contribution is -2.17. The zero-order chi connectivity index (χ0) is 20.2. The van der Waals surface area contributed by atoms with Crippen LogP contribution in [0.4, 0.5) is 0 Å². The summed E-state index contributed by atoms with van der Waals surface area (Å²) in [4.78, 5) is 21.7. The highest BCUT2D eigenvalue weighted by molar-refractivity contribution is 5.63. The molecule has 0 amide bonds. The summed E-state index contributed by atoms with van der Waals surface area (Å²) in [5, 5.41) is 7.87. The number of rotatable bonds is 6. The Labute approximate surface area is 168 Å². The highest BCUT2D eigenvalue weighted by Gasteiger charge is 2.09. The average Bonchev–Trinajstić information content (AvgIpc) is 3.13. The Morgan fingerprint density at radius 2 is 1.72 bits per heavy atom. The number of aromatic nitrogens is 4. The van der Waals surface area contributed by atoms with E-state index in [1.54, 1.807) is 6.92 Å². The summed E-state index contributed by atoms with van der Waals surface area (Å²) in [7, 11) is 2.00. The van der Waals surface area contributed by atoms with Crippen LogP contribution >= 0.6 is 0 Å². The molecule has 2 heterocycles. The fourth-order valence-corrected chi connectivity index (χ4v) is 3.12. The van der Waals surface area contributed by atoms with Crippen LogP contribution in [0.15, 0.2) is 69.9 Å². The van der Waals surface area contributed by atoms with Gasteiger partial charge in [-0.1, -0.05) is 54.6 Å². The van der Waals surface area contributed by atoms with Crippen molar-refractivity contribution in [2.75, 3.05) is 7.05 Å². The maximum atomic E-state index is 12.1. The smallest absolute Gasteiger partial charge is 0.251 e. The molecule has 0 atom stereocenters. The lowest BCUT2D eigenvalue weighted by Gasteiger charge is -2.14. The van der Waals surface area contributed by atoms with Crippen LogP contribution in [-0.4, -0.2) is 32.1 Å².